The van der Waals surface area contributed by atoms with Gasteiger partial charge in [-0.2, -0.15) is 0 Å². The molecule has 1 heteroatoms. The lowest BCUT2D eigenvalue weighted by Gasteiger charge is -2.14. The predicted molar refractivity (Wildman–Crippen MR) is 44.7 cm³/mol. The minimum absolute atomic E-state index is 0.262. The summed E-state index contributed by atoms with van der Waals surface area (Å²) in [6, 6.07) is 0. The Kier molecular flexibility index (Phi) is 2.45. The fourth-order valence-corrected chi connectivity index (χ4v) is 1.01. The van der Waals surface area contributed by atoms with Crippen molar-refractivity contribution in [3.63, 3.8) is 0 Å². The van der Waals surface area contributed by atoms with Crippen molar-refractivity contribution in [3.05, 3.63) is 35.6 Å². The van der Waals surface area contributed by atoms with Crippen LogP contribution in [0.3, 0.4) is 0 Å². The molecule has 1 rings (SSSR count). The second-order valence-electron chi connectivity index (χ2n) is 3.07. The minimum atomic E-state index is 0.262. The maximum Gasteiger partial charge on any atom is 0.128 e. The number of aliphatic hydroxyl groups is 1. The molecule has 0 saturated carbocycles. The zero-order chi connectivity index (χ0) is 8.27. The first-order valence-corrected chi connectivity index (χ1v) is 3.79. The Balaban J connectivity index is 2.59. The van der Waals surface area contributed by atoms with Gasteiger partial charge in [0.05, 0.1) is 0 Å². The zero-order valence-electron chi connectivity index (χ0n) is 6.89. The standard InChI is InChI=1S/C10H12O/c1-8(2)7-9-5-3-4-6-10(9)11/h4-5,8,11H,7H2,1-2H3. The fraction of sp³-hybridized carbons (Fsp3) is 0.400. The summed E-state index contributed by atoms with van der Waals surface area (Å²) in [6.45, 7) is 4.24. The van der Waals surface area contributed by atoms with E-state index in [1.807, 2.05) is 6.08 Å². The number of hydrogen-bond donors (Lipinski definition) is 1. The highest BCUT2D eigenvalue weighted by molar-refractivity contribution is 5.31. The molecule has 1 aliphatic carbocycles. The number of aliphatic hydroxyl groups excluding tert-OH is 1. The molecule has 0 unspecified atom stereocenters. The van der Waals surface area contributed by atoms with Crippen LogP contribution >= 0.6 is 0 Å². The zero-order valence-corrected chi connectivity index (χ0v) is 6.89. The molecule has 1 nitrogen and oxygen atoms in total. The first kappa shape index (κ1) is 8.03. The molecular weight excluding hydrogens is 136 g/mol. The molecule has 11 heavy (non-hydrogen) atoms. The molecule has 0 heterocycles. The highest BCUT2D eigenvalue weighted by Gasteiger charge is 2.12. The van der Waals surface area contributed by atoms with Gasteiger partial charge in [0.25, 0.3) is 0 Å². The summed E-state index contributed by atoms with van der Waals surface area (Å²) in [5.41, 5.74) is 2.89. The molecular formula is C10H12O. The van der Waals surface area contributed by atoms with Crippen molar-refractivity contribution in [2.45, 2.75) is 20.3 Å². The Labute approximate surface area is 67.7 Å². The Morgan fingerprint density at radius 3 is 3.00 bits per heavy atom. The summed E-state index contributed by atoms with van der Waals surface area (Å²) in [7, 11) is 0. The molecule has 0 radical (unpaired) electrons. The quantitative estimate of drug-likeness (QED) is 0.471. The van der Waals surface area contributed by atoms with Gasteiger partial charge >= 0.3 is 0 Å². The molecule has 0 aromatic heterocycles. The number of allylic oxidation sites excluding steroid dienone is 2. The van der Waals surface area contributed by atoms with Crippen LogP contribution in [-0.4, -0.2) is 5.11 Å². The van der Waals surface area contributed by atoms with Gasteiger partial charge in [0.2, 0.25) is 0 Å². The van der Waals surface area contributed by atoms with Crippen LogP contribution < -0.4 is 0 Å². The van der Waals surface area contributed by atoms with Crippen LogP contribution in [0.5, 0.6) is 0 Å². The maximum absolute atomic E-state index is 9.28. The van der Waals surface area contributed by atoms with Gasteiger partial charge in [0.1, 0.15) is 5.76 Å². The van der Waals surface area contributed by atoms with E-state index in [-0.39, 0.29) is 5.76 Å². The van der Waals surface area contributed by atoms with Crippen LogP contribution in [0.2, 0.25) is 0 Å². The number of rotatable bonds is 2. The van der Waals surface area contributed by atoms with Gasteiger partial charge in [-0.05, 0) is 24.5 Å². The highest BCUT2D eigenvalue weighted by atomic mass is 16.3. The van der Waals surface area contributed by atoms with E-state index in [0.29, 0.717) is 5.92 Å². The van der Waals surface area contributed by atoms with E-state index in [4.69, 9.17) is 0 Å². The first-order chi connectivity index (χ1) is 5.20. The van der Waals surface area contributed by atoms with Crippen LogP contribution in [0.15, 0.2) is 23.6 Å². The number of hydrogen-bond acceptors (Lipinski definition) is 1. The SMILES string of the molecule is CC(C)C[C+]1C=C=C[C-]=C1O. The molecule has 0 spiro atoms. The van der Waals surface area contributed by atoms with Crippen LogP contribution in [-0.2, 0) is 0 Å². The average Bonchev–Trinajstić information content (AvgIpc) is 1.93. The van der Waals surface area contributed by atoms with Gasteiger partial charge in [0.15, 0.2) is 0 Å². The van der Waals surface area contributed by atoms with Crippen molar-refractivity contribution < 1.29 is 5.11 Å². The third-order valence-corrected chi connectivity index (χ3v) is 1.48. The second-order valence-corrected chi connectivity index (χ2v) is 3.07. The molecule has 0 fully saturated rings. The molecule has 0 atom stereocenters. The Morgan fingerprint density at radius 2 is 2.45 bits per heavy atom. The van der Waals surface area contributed by atoms with Gasteiger partial charge in [0, 0.05) is 12.0 Å². The van der Waals surface area contributed by atoms with Crippen LogP contribution in [0.1, 0.15) is 20.3 Å². The van der Waals surface area contributed by atoms with Crippen LogP contribution in [0.4, 0.5) is 0 Å². The summed E-state index contributed by atoms with van der Waals surface area (Å²) in [5, 5.41) is 9.28. The third kappa shape index (κ3) is 2.21. The van der Waals surface area contributed by atoms with E-state index in [0.717, 1.165) is 12.3 Å². The lowest BCUT2D eigenvalue weighted by atomic mass is 9.93. The molecule has 0 amide bonds. The topological polar surface area (TPSA) is 20.2 Å². The van der Waals surface area contributed by atoms with Crippen molar-refractivity contribution in [3.8, 4) is 0 Å². The molecule has 0 bridgehead atoms. The van der Waals surface area contributed by atoms with E-state index in [2.05, 4.69) is 25.7 Å². The van der Waals surface area contributed by atoms with Crippen LogP contribution in [0, 0.1) is 17.9 Å². The summed E-state index contributed by atoms with van der Waals surface area (Å²) < 4.78 is 0. The van der Waals surface area contributed by atoms with Crippen molar-refractivity contribution >= 4 is 0 Å². The third-order valence-electron chi connectivity index (χ3n) is 1.48. The normalized spacial score (nSPS) is 15.9. The van der Waals surface area contributed by atoms with Crippen molar-refractivity contribution in [2.75, 3.05) is 0 Å². The van der Waals surface area contributed by atoms with Crippen LogP contribution in [0.25, 0.3) is 0 Å². The maximum atomic E-state index is 9.28. The van der Waals surface area contributed by atoms with Crippen molar-refractivity contribution in [1.29, 1.82) is 0 Å². The Morgan fingerprint density at radius 1 is 1.73 bits per heavy atom. The highest BCUT2D eigenvalue weighted by Crippen LogP contribution is 2.22. The molecule has 0 aromatic rings. The van der Waals surface area contributed by atoms with E-state index in [1.54, 1.807) is 6.08 Å². The molecule has 58 valence electrons. The lowest BCUT2D eigenvalue weighted by Crippen LogP contribution is -2.03. The van der Waals surface area contributed by atoms with Crippen molar-refractivity contribution in [1.82, 2.24) is 0 Å². The van der Waals surface area contributed by atoms with Gasteiger partial charge in [-0.25, -0.2) is 0 Å². The first-order valence-electron chi connectivity index (χ1n) is 3.79. The second kappa shape index (κ2) is 3.36. The van der Waals surface area contributed by atoms with E-state index >= 15 is 0 Å². The summed E-state index contributed by atoms with van der Waals surface area (Å²) in [5.74, 6) is 1.75. The van der Waals surface area contributed by atoms with Gasteiger partial charge < -0.3 is 5.11 Å². The predicted octanol–water partition coefficient (Wildman–Crippen LogP) is 2.58. The summed E-state index contributed by atoms with van der Waals surface area (Å²) in [6.07, 6.45) is 7.00. The molecule has 0 aliphatic heterocycles. The Hall–Kier alpha value is -1.07. The smallest absolute Gasteiger partial charge is 0.128 e. The van der Waals surface area contributed by atoms with E-state index in [1.165, 1.54) is 0 Å². The molecule has 1 N–H and O–H groups in total. The Bertz CT molecular complexity index is 217. The van der Waals surface area contributed by atoms with Gasteiger partial charge in [-0.3, -0.25) is 0 Å². The van der Waals surface area contributed by atoms with Gasteiger partial charge in [-0.1, -0.05) is 13.8 Å². The van der Waals surface area contributed by atoms with E-state index in [9.17, 15) is 5.11 Å². The molecule has 0 aromatic carbocycles. The average molecular weight is 148 g/mol. The van der Waals surface area contributed by atoms with Crippen molar-refractivity contribution in [2.24, 2.45) is 5.92 Å². The van der Waals surface area contributed by atoms with E-state index < -0.39 is 0 Å². The fourth-order valence-electron chi connectivity index (χ4n) is 1.01. The molecule has 0 saturated heterocycles. The van der Waals surface area contributed by atoms with Gasteiger partial charge in [-0.15, -0.1) is 5.73 Å². The monoisotopic (exact) mass is 148 g/mol. The largest absolute Gasteiger partial charge is 0.507 e. The minimum Gasteiger partial charge on any atom is -0.507 e. The lowest BCUT2D eigenvalue weighted by molar-refractivity contribution is 0.393. The molecule has 1 aliphatic rings. The summed E-state index contributed by atoms with van der Waals surface area (Å²) in [4.78, 5) is 0. The summed E-state index contributed by atoms with van der Waals surface area (Å²) >= 11 is 0.